The molecule has 0 radical (unpaired) electrons. The van der Waals surface area contributed by atoms with Crippen molar-refractivity contribution in [3.8, 4) is 0 Å². The molecule has 0 saturated carbocycles. The van der Waals surface area contributed by atoms with Crippen molar-refractivity contribution in [3.63, 3.8) is 0 Å². The Hall–Kier alpha value is -2.14. The van der Waals surface area contributed by atoms with Crippen LogP contribution in [0, 0.1) is 0 Å². The first-order valence-corrected chi connectivity index (χ1v) is 7.42. The zero-order chi connectivity index (χ0) is 13.5. The molecule has 2 aromatic heterocycles. The Morgan fingerprint density at radius 1 is 0.900 bits per heavy atom. The summed E-state index contributed by atoms with van der Waals surface area (Å²) >= 11 is 1.59. The van der Waals surface area contributed by atoms with Gasteiger partial charge in [0, 0.05) is 6.07 Å². The van der Waals surface area contributed by atoms with E-state index in [0.717, 1.165) is 38.9 Å². The van der Waals surface area contributed by atoms with E-state index in [1.807, 2.05) is 36.4 Å². The largest absolute Gasteiger partial charge is 0.431 e. The summed E-state index contributed by atoms with van der Waals surface area (Å²) in [6.07, 6.45) is 0. The number of oxazole rings is 1. The molecule has 2 heterocycles. The predicted molar refractivity (Wildman–Crippen MR) is 81.0 cm³/mol. The fourth-order valence-electron chi connectivity index (χ4n) is 2.21. The fraction of sp³-hybridized carbons (Fsp3) is 0.133. The minimum absolute atomic E-state index is 0.697. The molecule has 0 amide bonds. The third kappa shape index (κ3) is 1.82. The Morgan fingerprint density at radius 3 is 2.30 bits per heavy atom. The molecule has 4 rings (SSSR count). The Bertz CT molecular complexity index is 860. The smallest absolute Gasteiger partial charge is 0.256 e. The monoisotopic (exact) mass is 281 g/mol. The molecule has 0 N–H and O–H groups in total. The molecule has 0 spiro atoms. The Kier molecular flexibility index (Phi) is 2.60. The van der Waals surface area contributed by atoms with Gasteiger partial charge in [-0.05, 0) is 24.0 Å². The second-order valence-corrected chi connectivity index (χ2v) is 5.65. The topological polar surface area (TPSA) is 51.8 Å². The number of fused-ring (bicyclic) bond motifs is 3. The van der Waals surface area contributed by atoms with Crippen molar-refractivity contribution in [2.75, 3.05) is 5.75 Å². The van der Waals surface area contributed by atoms with Gasteiger partial charge in [0.2, 0.25) is 0 Å². The van der Waals surface area contributed by atoms with Crippen LogP contribution in [0.2, 0.25) is 0 Å². The SMILES string of the molecule is CCSc1nc2cc3nc4ccccc4nc3cc2o1. The summed E-state index contributed by atoms with van der Waals surface area (Å²) in [5.74, 6) is 0.937. The van der Waals surface area contributed by atoms with Crippen molar-refractivity contribution in [1.82, 2.24) is 15.0 Å². The van der Waals surface area contributed by atoms with Gasteiger partial charge in [-0.15, -0.1) is 0 Å². The summed E-state index contributed by atoms with van der Waals surface area (Å²) in [5.41, 5.74) is 5.06. The van der Waals surface area contributed by atoms with Crippen molar-refractivity contribution in [3.05, 3.63) is 36.4 Å². The van der Waals surface area contributed by atoms with Crippen LogP contribution in [0.5, 0.6) is 0 Å². The normalized spacial score (nSPS) is 11.7. The Balaban J connectivity index is 2.02. The van der Waals surface area contributed by atoms with Gasteiger partial charge in [0.25, 0.3) is 5.22 Å². The molecule has 0 aliphatic rings. The molecule has 0 aliphatic carbocycles. The van der Waals surface area contributed by atoms with Crippen LogP contribution in [0.4, 0.5) is 0 Å². The summed E-state index contributed by atoms with van der Waals surface area (Å²) in [4.78, 5) is 13.7. The van der Waals surface area contributed by atoms with Crippen LogP contribution < -0.4 is 0 Å². The first kappa shape index (κ1) is 11.7. The lowest BCUT2D eigenvalue weighted by atomic mass is 10.2. The molecular weight excluding hydrogens is 270 g/mol. The maximum Gasteiger partial charge on any atom is 0.256 e. The Morgan fingerprint density at radius 2 is 1.60 bits per heavy atom. The van der Waals surface area contributed by atoms with E-state index in [4.69, 9.17) is 4.42 Å². The molecule has 0 fully saturated rings. The van der Waals surface area contributed by atoms with E-state index >= 15 is 0 Å². The van der Waals surface area contributed by atoms with Crippen molar-refractivity contribution < 1.29 is 4.42 Å². The first-order valence-electron chi connectivity index (χ1n) is 6.43. The summed E-state index contributed by atoms with van der Waals surface area (Å²) in [6, 6.07) is 11.7. The molecule has 4 nitrogen and oxygen atoms in total. The summed E-state index contributed by atoms with van der Waals surface area (Å²) in [7, 11) is 0. The molecule has 0 atom stereocenters. The number of nitrogens with zero attached hydrogens (tertiary/aromatic N) is 3. The van der Waals surface area contributed by atoms with Gasteiger partial charge in [0.1, 0.15) is 5.52 Å². The van der Waals surface area contributed by atoms with E-state index in [2.05, 4.69) is 21.9 Å². The van der Waals surface area contributed by atoms with E-state index < -0.39 is 0 Å². The average Bonchev–Trinajstić information content (AvgIpc) is 2.84. The number of hydrogen-bond acceptors (Lipinski definition) is 5. The van der Waals surface area contributed by atoms with E-state index in [1.165, 1.54) is 0 Å². The second-order valence-electron chi connectivity index (χ2n) is 4.43. The number of para-hydroxylation sites is 2. The molecule has 0 aliphatic heterocycles. The molecule has 20 heavy (non-hydrogen) atoms. The summed E-state index contributed by atoms with van der Waals surface area (Å²) in [5, 5.41) is 0.697. The zero-order valence-corrected chi connectivity index (χ0v) is 11.6. The van der Waals surface area contributed by atoms with Crippen LogP contribution in [0.25, 0.3) is 33.2 Å². The molecule has 4 aromatic rings. The van der Waals surface area contributed by atoms with Gasteiger partial charge in [-0.2, -0.15) is 0 Å². The Labute approximate surface area is 119 Å². The third-order valence-electron chi connectivity index (χ3n) is 3.10. The highest BCUT2D eigenvalue weighted by Crippen LogP contribution is 2.26. The maximum atomic E-state index is 5.71. The lowest BCUT2D eigenvalue weighted by Gasteiger charge is -1.99. The highest BCUT2D eigenvalue weighted by atomic mass is 32.2. The first-order chi connectivity index (χ1) is 9.83. The van der Waals surface area contributed by atoms with Gasteiger partial charge >= 0.3 is 0 Å². The van der Waals surface area contributed by atoms with Crippen LogP contribution in [0.3, 0.4) is 0 Å². The molecule has 0 unspecified atom stereocenters. The van der Waals surface area contributed by atoms with Crippen molar-refractivity contribution in [1.29, 1.82) is 0 Å². The van der Waals surface area contributed by atoms with Gasteiger partial charge in [0.15, 0.2) is 5.58 Å². The summed E-state index contributed by atoms with van der Waals surface area (Å²) in [6.45, 7) is 2.08. The fourth-order valence-corrected chi connectivity index (χ4v) is 2.77. The summed E-state index contributed by atoms with van der Waals surface area (Å²) < 4.78 is 5.71. The number of hydrogen-bond donors (Lipinski definition) is 0. The predicted octanol–water partition coefficient (Wildman–Crippen LogP) is 4.04. The molecule has 2 aromatic carbocycles. The average molecular weight is 281 g/mol. The van der Waals surface area contributed by atoms with Crippen LogP contribution in [-0.2, 0) is 0 Å². The van der Waals surface area contributed by atoms with Gasteiger partial charge < -0.3 is 4.42 Å². The molecular formula is C15H11N3OS. The number of rotatable bonds is 2. The molecule has 0 saturated heterocycles. The maximum absolute atomic E-state index is 5.71. The highest BCUT2D eigenvalue weighted by molar-refractivity contribution is 7.99. The van der Waals surface area contributed by atoms with Crippen LogP contribution in [0.15, 0.2) is 46.0 Å². The number of benzene rings is 2. The van der Waals surface area contributed by atoms with Gasteiger partial charge in [0.05, 0.1) is 22.1 Å². The van der Waals surface area contributed by atoms with Crippen LogP contribution in [0.1, 0.15) is 6.92 Å². The van der Waals surface area contributed by atoms with E-state index in [9.17, 15) is 0 Å². The van der Waals surface area contributed by atoms with Gasteiger partial charge in [-0.25, -0.2) is 15.0 Å². The van der Waals surface area contributed by atoms with E-state index in [1.54, 1.807) is 11.8 Å². The quantitative estimate of drug-likeness (QED) is 0.410. The lowest BCUT2D eigenvalue weighted by molar-refractivity contribution is 0.490. The number of aromatic nitrogens is 3. The van der Waals surface area contributed by atoms with Crippen LogP contribution >= 0.6 is 11.8 Å². The molecule has 5 heteroatoms. The van der Waals surface area contributed by atoms with E-state index in [-0.39, 0.29) is 0 Å². The van der Waals surface area contributed by atoms with Crippen molar-refractivity contribution >= 4 is 44.9 Å². The van der Waals surface area contributed by atoms with E-state index in [0.29, 0.717) is 5.22 Å². The van der Waals surface area contributed by atoms with Crippen molar-refractivity contribution in [2.45, 2.75) is 12.1 Å². The van der Waals surface area contributed by atoms with Crippen LogP contribution in [-0.4, -0.2) is 20.7 Å². The minimum atomic E-state index is 0.697. The lowest BCUT2D eigenvalue weighted by Crippen LogP contribution is -1.86. The standard InChI is InChI=1S/C15H11N3OS/c1-2-20-15-18-13-7-11-12(8-14(13)19-15)17-10-6-4-3-5-9(10)16-11/h3-8H,2H2,1H3. The molecule has 98 valence electrons. The number of thioether (sulfide) groups is 1. The zero-order valence-electron chi connectivity index (χ0n) is 10.8. The molecule has 0 bridgehead atoms. The third-order valence-corrected chi connectivity index (χ3v) is 3.81. The second kappa shape index (κ2) is 4.45. The highest BCUT2D eigenvalue weighted by Gasteiger charge is 2.09. The van der Waals surface area contributed by atoms with Gasteiger partial charge in [-0.1, -0.05) is 30.8 Å². The minimum Gasteiger partial charge on any atom is -0.431 e. The van der Waals surface area contributed by atoms with Gasteiger partial charge in [-0.3, -0.25) is 0 Å². The van der Waals surface area contributed by atoms with Crippen molar-refractivity contribution in [2.24, 2.45) is 0 Å².